The lowest BCUT2D eigenvalue weighted by molar-refractivity contribution is 2.24. The largest absolute Gasteiger partial charge is 0.106 e. The number of hydrogen-bond donors (Lipinski definition) is 0. The lowest BCUT2D eigenvalue weighted by atomic mass is 8.81. The van der Waals surface area contributed by atoms with Crippen molar-refractivity contribution in [3.8, 4) is 0 Å². The van der Waals surface area contributed by atoms with Crippen LogP contribution in [0, 0.1) is 0 Å². The zero-order valence-electron chi connectivity index (χ0n) is 11.4. The van der Waals surface area contributed by atoms with Gasteiger partial charge in [-0.25, -0.2) is 0 Å². The molecule has 206 valence electrons. The van der Waals surface area contributed by atoms with Gasteiger partial charge in [0.2, 0.25) is 0 Å². The van der Waals surface area contributed by atoms with Gasteiger partial charge >= 0.3 is 0 Å². The van der Waals surface area contributed by atoms with E-state index < -0.39 is 12.8 Å². The Labute approximate surface area is 234 Å². The number of hydrogen-bond acceptors (Lipinski definition) is 0. The average molecular weight is 476 g/mol. The van der Waals surface area contributed by atoms with Crippen molar-refractivity contribution < 1.29 is 28.6 Å². The Balaban J connectivity index is -0.00000000113. The fourth-order valence-electron chi connectivity index (χ4n) is 0.0884. The number of rotatable bonds is 1. The molecule has 0 fully saturated rings. The minimum absolute atomic E-state index is 0. The summed E-state index contributed by atoms with van der Waals surface area (Å²) < 4.78 is 10.0. The molecule has 0 atom stereocenters. The molecule has 0 saturated carbocycles. The van der Waals surface area contributed by atoms with Crippen LogP contribution in [-0.2, 0) is 0 Å². The highest BCUT2D eigenvalue weighted by atomic mass is 13.3. The van der Waals surface area contributed by atoms with Crippen molar-refractivity contribution in [3.63, 3.8) is 0 Å². The molecule has 0 bridgehead atoms. The molecule has 0 nitrogen and oxygen atoms in total. The summed E-state index contributed by atoms with van der Waals surface area (Å²) in [5.74, 6) is 0. The Kier molecular flexibility index (Phi) is 1080. The fourth-order valence-corrected chi connectivity index (χ4v) is 0.0884. The lowest BCUT2D eigenvalue weighted by Gasteiger charge is -2.00. The molecule has 0 aliphatic carbocycles. The van der Waals surface area contributed by atoms with Gasteiger partial charge in [-0.15, -0.1) is 13.2 Å². The first-order chi connectivity index (χ1) is 8.56. The van der Waals surface area contributed by atoms with Gasteiger partial charge in [0.1, 0.15) is 0 Å². The predicted molar refractivity (Wildman–Crippen MR) is 210 cm³/mol. The van der Waals surface area contributed by atoms with Gasteiger partial charge in [0.05, 0.1) is 0 Å². The highest BCUT2D eigenvalue weighted by molar-refractivity contribution is 7.76. The molecule has 0 heterocycles. The van der Waals surface area contributed by atoms with Gasteiger partial charge in [-0.1, -0.05) is 108 Å². The van der Waals surface area contributed by atoms with E-state index in [9.17, 15) is 0 Å². The van der Waals surface area contributed by atoms with Crippen LogP contribution in [0.15, 0.2) is 49.2 Å². The maximum atomic E-state index is 5.00. The van der Waals surface area contributed by atoms with Crippen LogP contribution in [0.2, 0.25) is 0 Å². The summed E-state index contributed by atoms with van der Waals surface area (Å²) in [7, 11) is 27.9. The monoisotopic (exact) mass is 477 g/mol. The summed E-state index contributed by atoms with van der Waals surface area (Å²) in [4.78, 5) is 0. The van der Waals surface area contributed by atoms with Gasteiger partial charge in [0.15, 0.2) is 0 Å². The first-order valence-electron chi connectivity index (χ1n) is 4.96. The van der Waals surface area contributed by atoms with Crippen LogP contribution in [0.5, 0.6) is 0 Å². The quantitative estimate of drug-likeness (QED) is 0.201. The molecule has 0 unspecified atom stereocenters. The summed E-state index contributed by atoms with van der Waals surface area (Å²) in [5, 5.41) is 0. The van der Waals surface area contributed by atoms with E-state index in [1.807, 2.05) is 0 Å². The van der Waals surface area contributed by atoms with Crippen LogP contribution in [0.25, 0.3) is 0 Å². The van der Waals surface area contributed by atoms with Gasteiger partial charge < -0.3 is 0 Å². The van der Waals surface area contributed by atoms with Crippen molar-refractivity contribution in [2.45, 2.75) is 96.5 Å². The molecular weight excluding hydrogens is 339 g/mol. The van der Waals surface area contributed by atoms with Gasteiger partial charge in [-0.2, -0.15) is 0 Å². The normalized spacial score (nSPS) is 2.76. The summed E-state index contributed by atoms with van der Waals surface area (Å²) in [6, 6.07) is 0. The summed E-state index contributed by atoms with van der Waals surface area (Å²) >= 11 is 0. The SMILES string of the molecule is C.C.C.C.C.C.C.C.C.C.C.C.C.C=C.C=C=C=C=C=C.[2H][2H].[3HH].[3HH].[3HH].[3HH].[3HH].[3HH].[3HH].[3HH].[3HH].[3HH].[3HH].[3HH].[3HH].[3HH].[3HH].[3HH].[3HH].[3HH].[B]B([B])B([B])[B].[B][B]. The Hall–Kier alpha value is -0.881. The van der Waals surface area contributed by atoms with Crippen molar-refractivity contribution in [2.75, 3.05) is 0 Å². The second kappa shape index (κ2) is 222. The van der Waals surface area contributed by atoms with Crippen LogP contribution in [0.4, 0.5) is 0 Å². The van der Waals surface area contributed by atoms with Crippen LogP contribution < -0.4 is 0 Å². The maximum absolute atomic E-state index is 5.00. The smallest absolute Gasteiger partial charge is 0 e. The van der Waals surface area contributed by atoms with E-state index in [4.69, 9.17) is 33.9 Å². The minimum Gasteiger partial charge on any atom is -0.106 e. The van der Waals surface area contributed by atoms with Gasteiger partial charge in [-0.05, 0) is 24.6 Å². The van der Waals surface area contributed by atoms with E-state index in [1.165, 1.54) is 0 Å². The highest BCUT2D eigenvalue weighted by Crippen LogP contribution is 1.62. The van der Waals surface area contributed by atoms with Gasteiger partial charge in [0.25, 0.3) is 0 Å². The lowest BCUT2D eigenvalue weighted by Crippen LogP contribution is -2.38. The van der Waals surface area contributed by atoms with Crippen molar-refractivity contribution in [2.24, 2.45) is 0 Å². The third-order valence-electron chi connectivity index (χ3n) is 0.684. The van der Waals surface area contributed by atoms with Crippen LogP contribution >= 0.6 is 0 Å². The molecule has 0 spiro atoms. The molecule has 0 aromatic rings. The van der Waals surface area contributed by atoms with Gasteiger partial charge in [-0.3, -0.25) is 0 Å². The molecule has 0 aromatic carbocycles. The minimum atomic E-state index is -0.593. The maximum Gasteiger partial charge on any atom is 0 e. The van der Waals surface area contributed by atoms with Crippen LogP contribution in [0.1, 0.15) is 125 Å². The van der Waals surface area contributed by atoms with Crippen LogP contribution in [0.3, 0.4) is 0 Å². The van der Waals surface area contributed by atoms with Crippen molar-refractivity contribution in [1.29, 1.82) is 0 Å². The summed E-state index contributed by atoms with van der Waals surface area (Å²) in [6.07, 6.45) is -1.19. The summed E-state index contributed by atoms with van der Waals surface area (Å²) in [5.41, 5.74) is 9.54. The topological polar surface area (TPSA) is 0 Å². The van der Waals surface area contributed by atoms with Crippen molar-refractivity contribution >= 4 is 59.2 Å². The van der Waals surface area contributed by atoms with E-state index in [0.29, 0.717) is 0 Å². The van der Waals surface area contributed by atoms with E-state index in [-0.39, 0.29) is 122 Å². The fraction of sp³-hybridized carbons (Fsp3) is 0.619. The molecular formula is C21H98B8. The molecule has 0 rings (SSSR count). The third kappa shape index (κ3) is 457. The molecule has 0 aliphatic heterocycles. The Bertz CT molecular complexity index is 280. The molecule has 29 heavy (non-hydrogen) atoms. The molecule has 0 amide bonds. The molecule has 8 heteroatoms. The van der Waals surface area contributed by atoms with Crippen molar-refractivity contribution in [3.05, 3.63) is 49.2 Å². The molecule has 0 saturated heterocycles. The zero-order valence-corrected chi connectivity index (χ0v) is 9.45. The second-order valence-electron chi connectivity index (χ2n) is 1.76. The van der Waals surface area contributed by atoms with Crippen molar-refractivity contribution in [1.82, 2.24) is 0 Å². The van der Waals surface area contributed by atoms with E-state index in [1.54, 1.807) is 0 Å². The van der Waals surface area contributed by atoms with E-state index >= 15 is 0 Å². The Morgan fingerprint density at radius 2 is 0.621 bits per heavy atom. The second-order valence-corrected chi connectivity index (χ2v) is 1.76. The van der Waals surface area contributed by atoms with Crippen LogP contribution in [-0.4, -0.2) is 59.2 Å². The standard InChI is InChI=1S/C6H4.C2H4.13CH4.B6.B2.19H2/c1-3-5-6-4-2;1-2;;;;;;;;;;;;;;1-5(2)6(3)4;1-2;;;;;;;;;;;;;;;;;;;/h1-2H2;1-2H2;13*1H4;;;19*1H/i;;;;;;;;;;;;;;;;;18*1+2;1+1D. The summed E-state index contributed by atoms with van der Waals surface area (Å²) in [6.45, 7) is 12.5. The van der Waals surface area contributed by atoms with E-state index in [2.05, 4.69) is 64.7 Å². The first-order valence-corrected chi connectivity index (χ1v) is 3.96. The Morgan fingerprint density at radius 3 is 0.655 bits per heavy atom. The third-order valence-corrected chi connectivity index (χ3v) is 0.684. The molecule has 0 aromatic heterocycles. The van der Waals surface area contributed by atoms with E-state index in [0.717, 1.165) is 0 Å². The van der Waals surface area contributed by atoms with Gasteiger partial charge in [0, 0.05) is 87.8 Å². The Morgan fingerprint density at radius 1 is 0.517 bits per heavy atom. The molecule has 0 aliphatic rings. The first kappa shape index (κ1) is 141. The zero-order chi connectivity index (χ0) is 16.0. The molecule has 0 N–H and O–H groups in total. The predicted octanol–water partition coefficient (Wildman–Crippen LogP) is 12.1. The average Bonchev–Trinajstić information content (AvgIpc) is 2.43. The molecule has 12 radical (unpaired) electrons. The highest BCUT2D eigenvalue weighted by Gasteiger charge is 2.00.